The van der Waals surface area contributed by atoms with E-state index in [9.17, 15) is 9.59 Å². The number of nitrogens with two attached hydrogens (primary N) is 1. The van der Waals surface area contributed by atoms with Crippen molar-refractivity contribution in [1.82, 2.24) is 40.0 Å². The van der Waals surface area contributed by atoms with Gasteiger partial charge in [0.25, 0.3) is 0 Å². The van der Waals surface area contributed by atoms with E-state index >= 15 is 0 Å². The molecule has 0 spiro atoms. The highest BCUT2D eigenvalue weighted by Gasteiger charge is 2.30. The van der Waals surface area contributed by atoms with Crippen LogP contribution in [0.5, 0.6) is 11.8 Å². The summed E-state index contributed by atoms with van der Waals surface area (Å²) >= 11 is 3.48. The van der Waals surface area contributed by atoms with Crippen LogP contribution in [0.3, 0.4) is 0 Å². The van der Waals surface area contributed by atoms with Crippen LogP contribution in [0.4, 0.5) is 4.79 Å². The normalized spacial score (nSPS) is 22.3. The lowest BCUT2D eigenvalue weighted by atomic mass is 9.92. The summed E-state index contributed by atoms with van der Waals surface area (Å²) in [6, 6.07) is 0.952. The number of aromatic nitrogens is 4. The van der Waals surface area contributed by atoms with Gasteiger partial charge in [-0.05, 0) is 118 Å². The van der Waals surface area contributed by atoms with Crippen molar-refractivity contribution in [1.29, 1.82) is 0 Å². The molecule has 17 heteroatoms. The third-order valence-corrected chi connectivity index (χ3v) is 14.2. The fraction of sp³-hybridized carbons (Fsp3) is 0.641. The number of carbonyl (C=O) groups is 1. The van der Waals surface area contributed by atoms with Gasteiger partial charge in [0, 0.05) is 53.6 Å². The highest BCUT2D eigenvalue weighted by atomic mass is 32.1. The first-order valence-electron chi connectivity index (χ1n) is 19.8. The molecule has 0 unspecified atom stereocenters. The number of ether oxygens (including phenoxy) is 2. The van der Waals surface area contributed by atoms with Crippen LogP contribution in [-0.4, -0.2) is 121 Å². The predicted molar refractivity (Wildman–Crippen MR) is 226 cm³/mol. The Balaban J connectivity index is 0.000000164. The number of urea groups is 1. The van der Waals surface area contributed by atoms with Gasteiger partial charge >= 0.3 is 6.03 Å². The van der Waals surface area contributed by atoms with Crippen molar-refractivity contribution in [3.05, 3.63) is 33.5 Å². The molecule has 8 rings (SSSR count). The van der Waals surface area contributed by atoms with Crippen LogP contribution >= 0.6 is 22.7 Å². The topological polar surface area (TPSA) is 164 Å². The van der Waals surface area contributed by atoms with Gasteiger partial charge in [-0.3, -0.25) is 0 Å². The minimum absolute atomic E-state index is 0.190. The molecule has 0 atom stereocenters. The molecule has 4 aliphatic rings. The monoisotopic (exact) mass is 822 g/mol. The maximum atomic E-state index is 11.6. The lowest BCUT2D eigenvalue weighted by molar-refractivity contribution is 0.108. The zero-order valence-electron chi connectivity index (χ0n) is 34.0. The second-order valence-corrected chi connectivity index (χ2v) is 23.3. The van der Waals surface area contributed by atoms with Gasteiger partial charge in [0.05, 0.1) is 10.8 Å². The van der Waals surface area contributed by atoms with Crippen molar-refractivity contribution < 1.29 is 19.1 Å². The summed E-state index contributed by atoms with van der Waals surface area (Å²) in [6.07, 6.45) is 16.1. The van der Waals surface area contributed by atoms with Gasteiger partial charge in [-0.15, -0.1) is 22.7 Å². The molecule has 2 saturated carbocycles. The second kappa shape index (κ2) is 18.8. The van der Waals surface area contributed by atoms with E-state index in [1.165, 1.54) is 28.2 Å². The van der Waals surface area contributed by atoms with Gasteiger partial charge < -0.3 is 35.2 Å². The van der Waals surface area contributed by atoms with Crippen LogP contribution in [-0.2, 0) is 30.7 Å². The van der Waals surface area contributed by atoms with Crippen molar-refractivity contribution in [2.24, 2.45) is 10.4 Å². The number of thiophene rings is 2. The number of rotatable bonds is 7. The summed E-state index contributed by atoms with van der Waals surface area (Å²) in [5.74, 6) is 1.46. The third-order valence-electron chi connectivity index (χ3n) is 11.1. The molecule has 304 valence electrons. The Morgan fingerprint density at radius 2 is 1.32 bits per heavy atom. The summed E-state index contributed by atoms with van der Waals surface area (Å²) in [6.45, 7) is 9.09. The molecule has 2 aliphatic carbocycles. The molecular weight excluding hydrogens is 765 g/mol. The molecule has 2 aliphatic heterocycles. The number of isocyanates is 1. The van der Waals surface area contributed by atoms with Gasteiger partial charge in [-0.25, -0.2) is 34.2 Å². The Labute approximate surface area is 339 Å². The molecule has 0 bridgehead atoms. The quantitative estimate of drug-likeness (QED) is 0.125. The van der Waals surface area contributed by atoms with Crippen molar-refractivity contribution in [2.75, 3.05) is 41.3 Å². The zero-order chi connectivity index (χ0) is 40.0. The number of carbonyl (C=O) groups excluding carboxylic acids is 2. The number of nitrogens with zero attached hydrogens (tertiary/aromatic N) is 8. The average molecular weight is 823 g/mol. The Kier molecular flexibility index (Phi) is 14.1. The van der Waals surface area contributed by atoms with Crippen molar-refractivity contribution >= 4 is 63.5 Å². The molecule has 3 N–H and O–H groups in total. The van der Waals surface area contributed by atoms with E-state index in [4.69, 9.17) is 15.2 Å². The molecule has 0 saturated heterocycles. The maximum Gasteiger partial charge on any atom is 0.315 e. The van der Waals surface area contributed by atoms with Crippen LogP contribution in [0.1, 0.15) is 72.2 Å². The highest BCUT2D eigenvalue weighted by molar-refractivity contribution is 7.19. The Morgan fingerprint density at radius 1 is 0.821 bits per heavy atom. The molecule has 4 aromatic heterocycles. The first-order chi connectivity index (χ1) is 26.8. The van der Waals surface area contributed by atoms with E-state index in [2.05, 4.69) is 67.9 Å². The van der Waals surface area contributed by atoms with Crippen LogP contribution < -0.4 is 20.5 Å². The van der Waals surface area contributed by atoms with E-state index in [0.717, 1.165) is 96.3 Å². The summed E-state index contributed by atoms with van der Waals surface area (Å²) in [4.78, 5) is 50.0. The van der Waals surface area contributed by atoms with E-state index < -0.39 is 8.24 Å². The minimum Gasteiger partial charge on any atom is -0.474 e. The molecule has 56 heavy (non-hydrogen) atoms. The molecule has 0 aromatic carbocycles. The summed E-state index contributed by atoms with van der Waals surface area (Å²) < 4.78 is 16.2. The van der Waals surface area contributed by atoms with Crippen LogP contribution in [0, 0.1) is 0 Å². The molecular formula is C39H58N10O4S2Si. The van der Waals surface area contributed by atoms with Crippen LogP contribution in [0.2, 0.25) is 19.6 Å². The summed E-state index contributed by atoms with van der Waals surface area (Å²) in [7, 11) is 7.17. The lowest BCUT2D eigenvalue weighted by Gasteiger charge is -2.32. The number of hydrogen-bond donors (Lipinski definition) is 2. The van der Waals surface area contributed by atoms with Crippen molar-refractivity contribution in [3.8, 4) is 11.8 Å². The van der Waals surface area contributed by atoms with Gasteiger partial charge in [0.2, 0.25) is 17.8 Å². The van der Waals surface area contributed by atoms with Crippen molar-refractivity contribution in [3.63, 3.8) is 0 Å². The van der Waals surface area contributed by atoms with Gasteiger partial charge in [0.1, 0.15) is 34.5 Å². The Morgan fingerprint density at radius 3 is 1.77 bits per heavy atom. The number of primary amides is 1. The fourth-order valence-corrected chi connectivity index (χ4v) is 10.4. The first-order valence-corrected chi connectivity index (χ1v) is 24.9. The van der Waals surface area contributed by atoms with Gasteiger partial charge in [-0.1, -0.05) is 0 Å². The first kappa shape index (κ1) is 42.0. The van der Waals surface area contributed by atoms with Gasteiger partial charge in [0.15, 0.2) is 8.24 Å². The fourth-order valence-electron chi connectivity index (χ4n) is 7.87. The lowest BCUT2D eigenvalue weighted by Crippen LogP contribution is -2.39. The average Bonchev–Trinajstić information content (AvgIpc) is 3.74. The number of amides is 2. The van der Waals surface area contributed by atoms with E-state index in [-0.39, 0.29) is 18.2 Å². The minimum atomic E-state index is -1.46. The predicted octanol–water partition coefficient (Wildman–Crippen LogP) is 6.13. The SMILES string of the molecule is CN(C)C1CCC(Oc2ncnc3sc4c(c23)CN(C(N)=O)CC4)CC1.CN(C)C1CCC(Oc2ncnc3sc4c(c23)CNCC4)CC1.C[Si](C)(C)N=C=O. The van der Waals surface area contributed by atoms with Gasteiger partial charge in [-0.2, -0.15) is 0 Å². The smallest absolute Gasteiger partial charge is 0.315 e. The Hall–Kier alpha value is -3.57. The molecule has 4 aromatic rings. The van der Waals surface area contributed by atoms with Crippen LogP contribution in [0.25, 0.3) is 20.4 Å². The van der Waals surface area contributed by atoms with E-state index in [1.54, 1.807) is 46.3 Å². The standard InChI is InChI=1S/C18H25N5O2S.C17H24N4OS.C4H9NOSi/c1-22(2)11-3-5-12(6-4-11)25-16-15-13-9-23(18(19)24)8-7-14(13)26-17(15)21-10-20-16;1-21(2)11-3-5-12(6-4-11)22-16-15-13-9-18-8-7-14(13)23-17(15)20-10-19-16;1-7(2,3)5-4-6/h10-12H,3-9H2,1-2H3,(H2,19,24);10-12,18H,3-9H2,1-2H3;1-3H3. The third kappa shape index (κ3) is 10.5. The summed E-state index contributed by atoms with van der Waals surface area (Å²) in [5.41, 5.74) is 7.95. The summed E-state index contributed by atoms with van der Waals surface area (Å²) in [5, 5.41) is 5.57. The highest BCUT2D eigenvalue weighted by Crippen LogP contribution is 2.40. The molecule has 2 fully saturated rings. The Bertz CT molecular complexity index is 1990. The van der Waals surface area contributed by atoms with E-state index in [1.807, 2.05) is 19.6 Å². The molecule has 0 radical (unpaired) electrons. The molecule has 14 nitrogen and oxygen atoms in total. The molecule has 6 heterocycles. The number of fused-ring (bicyclic) bond motifs is 6. The zero-order valence-corrected chi connectivity index (χ0v) is 36.6. The van der Waals surface area contributed by atoms with Crippen LogP contribution in [0.15, 0.2) is 17.3 Å². The molecule has 2 amide bonds. The maximum absolute atomic E-state index is 11.6. The van der Waals surface area contributed by atoms with E-state index in [0.29, 0.717) is 31.1 Å². The van der Waals surface area contributed by atoms with Crippen molar-refractivity contribution in [2.45, 2.75) is 121 Å². The number of hydrogen-bond acceptors (Lipinski definition) is 14. The number of nitrogens with one attached hydrogen (secondary N) is 1. The second-order valence-electron chi connectivity index (χ2n) is 16.6. The largest absolute Gasteiger partial charge is 0.474 e.